The molecule has 3 aliphatic rings. The summed E-state index contributed by atoms with van der Waals surface area (Å²) in [6.07, 6.45) is 6.18. The molecule has 1 heterocycles. The van der Waals surface area contributed by atoms with E-state index in [1.54, 1.807) is 7.11 Å². The van der Waals surface area contributed by atoms with Gasteiger partial charge in [-0.05, 0) is 49.7 Å². The highest BCUT2D eigenvalue weighted by Crippen LogP contribution is 2.44. The second-order valence-electron chi connectivity index (χ2n) is 7.73. The van der Waals surface area contributed by atoms with Gasteiger partial charge in [0.2, 0.25) is 0 Å². The molecule has 136 valence electrons. The Morgan fingerprint density at radius 3 is 2.76 bits per heavy atom. The number of ether oxygens (including phenoxy) is 1. The van der Waals surface area contributed by atoms with Gasteiger partial charge in [0.05, 0.1) is 12.8 Å². The van der Waals surface area contributed by atoms with Crippen molar-refractivity contribution in [1.29, 1.82) is 0 Å². The van der Waals surface area contributed by atoms with E-state index < -0.39 is 0 Å². The van der Waals surface area contributed by atoms with Gasteiger partial charge in [-0.3, -0.25) is 0 Å². The van der Waals surface area contributed by atoms with Crippen LogP contribution in [-0.4, -0.2) is 50.3 Å². The molecule has 2 amide bonds. The molecule has 2 aliphatic carbocycles. The number of nitrogens with one attached hydrogen (secondary N) is 1. The molecule has 1 aromatic rings. The Morgan fingerprint density at radius 2 is 2.00 bits per heavy atom. The summed E-state index contributed by atoms with van der Waals surface area (Å²) in [6.45, 7) is 3.41. The summed E-state index contributed by atoms with van der Waals surface area (Å²) in [4.78, 5) is 17.1. The van der Waals surface area contributed by atoms with Crippen LogP contribution in [0.4, 0.5) is 10.5 Å². The molecular weight excluding hydrogens is 314 g/mol. The number of amides is 2. The van der Waals surface area contributed by atoms with Crippen LogP contribution >= 0.6 is 0 Å². The Morgan fingerprint density at radius 1 is 1.12 bits per heavy atom. The van der Waals surface area contributed by atoms with Gasteiger partial charge >= 0.3 is 6.03 Å². The second-order valence-corrected chi connectivity index (χ2v) is 7.73. The Balaban J connectivity index is 1.35. The maximum atomic E-state index is 12.7. The Hall–Kier alpha value is -1.91. The molecule has 5 heteroatoms. The SMILES string of the molecule is COc1ccccc1N1CCCN(C(=O)NC2CC3CCC2C3)CC1. The lowest BCUT2D eigenvalue weighted by Gasteiger charge is -2.28. The molecule has 3 atom stereocenters. The number of methoxy groups -OCH3 is 1. The molecule has 3 fully saturated rings. The first-order chi connectivity index (χ1) is 12.2. The van der Waals surface area contributed by atoms with Crippen molar-refractivity contribution in [3.05, 3.63) is 24.3 Å². The zero-order valence-corrected chi connectivity index (χ0v) is 15.1. The van der Waals surface area contributed by atoms with Crippen LogP contribution in [0, 0.1) is 11.8 Å². The van der Waals surface area contributed by atoms with Crippen LogP contribution in [0.3, 0.4) is 0 Å². The maximum Gasteiger partial charge on any atom is 0.317 e. The molecule has 1 saturated heterocycles. The number of carbonyl (C=O) groups is 1. The zero-order valence-electron chi connectivity index (χ0n) is 15.1. The number of hydrogen-bond acceptors (Lipinski definition) is 3. The average Bonchev–Trinajstić information content (AvgIpc) is 3.16. The van der Waals surface area contributed by atoms with Crippen molar-refractivity contribution < 1.29 is 9.53 Å². The van der Waals surface area contributed by atoms with E-state index in [-0.39, 0.29) is 6.03 Å². The first kappa shape index (κ1) is 16.6. The van der Waals surface area contributed by atoms with Crippen molar-refractivity contribution in [1.82, 2.24) is 10.2 Å². The van der Waals surface area contributed by atoms with Gasteiger partial charge in [-0.1, -0.05) is 18.6 Å². The molecule has 1 N–H and O–H groups in total. The minimum atomic E-state index is 0.138. The summed E-state index contributed by atoms with van der Waals surface area (Å²) < 4.78 is 5.50. The number of anilines is 1. The number of nitrogens with zero attached hydrogens (tertiary/aromatic N) is 2. The summed E-state index contributed by atoms with van der Waals surface area (Å²) in [5, 5.41) is 3.33. The highest BCUT2D eigenvalue weighted by Gasteiger charge is 2.40. The Bertz CT molecular complexity index is 621. The first-order valence-corrected chi connectivity index (χ1v) is 9.68. The fraction of sp³-hybridized carbons (Fsp3) is 0.650. The van der Waals surface area contributed by atoms with Gasteiger partial charge in [-0.25, -0.2) is 4.79 Å². The monoisotopic (exact) mass is 343 g/mol. The van der Waals surface area contributed by atoms with Crippen molar-refractivity contribution in [2.24, 2.45) is 11.8 Å². The van der Waals surface area contributed by atoms with Crippen LogP contribution in [-0.2, 0) is 0 Å². The van der Waals surface area contributed by atoms with Crippen molar-refractivity contribution in [3.63, 3.8) is 0 Å². The lowest BCUT2D eigenvalue weighted by molar-refractivity contribution is 0.191. The van der Waals surface area contributed by atoms with Crippen LogP contribution in [0.15, 0.2) is 24.3 Å². The van der Waals surface area contributed by atoms with E-state index >= 15 is 0 Å². The summed E-state index contributed by atoms with van der Waals surface area (Å²) in [5.74, 6) is 2.49. The van der Waals surface area contributed by atoms with Crippen molar-refractivity contribution in [2.75, 3.05) is 38.2 Å². The van der Waals surface area contributed by atoms with Gasteiger partial charge in [0.1, 0.15) is 5.75 Å². The lowest BCUT2D eigenvalue weighted by atomic mass is 9.95. The van der Waals surface area contributed by atoms with Gasteiger partial charge in [-0.2, -0.15) is 0 Å². The quantitative estimate of drug-likeness (QED) is 0.917. The number of hydrogen-bond donors (Lipinski definition) is 1. The molecule has 0 aromatic heterocycles. The standard InChI is InChI=1S/C20H29N3O2/c1-25-19-6-3-2-5-18(19)22-9-4-10-23(12-11-22)20(24)21-17-14-15-7-8-16(17)13-15/h2-3,5-6,15-17H,4,7-14H2,1H3,(H,21,24). The lowest BCUT2D eigenvalue weighted by Crippen LogP contribution is -2.47. The third kappa shape index (κ3) is 3.42. The predicted octanol–water partition coefficient (Wildman–Crippen LogP) is 3.11. The van der Waals surface area contributed by atoms with Gasteiger partial charge < -0.3 is 19.9 Å². The van der Waals surface area contributed by atoms with Gasteiger partial charge in [0.15, 0.2) is 0 Å². The molecule has 5 nitrogen and oxygen atoms in total. The molecule has 2 saturated carbocycles. The fourth-order valence-electron chi connectivity index (χ4n) is 4.92. The molecule has 25 heavy (non-hydrogen) atoms. The van der Waals surface area contributed by atoms with E-state index in [4.69, 9.17) is 4.74 Å². The third-order valence-corrected chi connectivity index (χ3v) is 6.26. The van der Waals surface area contributed by atoms with Crippen LogP contribution in [0.25, 0.3) is 0 Å². The molecule has 4 rings (SSSR count). The van der Waals surface area contributed by atoms with E-state index in [0.717, 1.165) is 55.9 Å². The molecule has 1 aliphatic heterocycles. The van der Waals surface area contributed by atoms with E-state index in [0.29, 0.717) is 6.04 Å². The minimum absolute atomic E-state index is 0.138. The van der Waals surface area contributed by atoms with Crippen LogP contribution < -0.4 is 15.0 Å². The van der Waals surface area contributed by atoms with Crippen LogP contribution in [0.5, 0.6) is 5.75 Å². The second kappa shape index (κ2) is 7.14. The zero-order chi connectivity index (χ0) is 17.2. The minimum Gasteiger partial charge on any atom is -0.495 e. The number of carbonyl (C=O) groups excluding carboxylic acids is 1. The largest absolute Gasteiger partial charge is 0.495 e. The third-order valence-electron chi connectivity index (χ3n) is 6.26. The maximum absolute atomic E-state index is 12.7. The Labute approximate surface area is 150 Å². The number of rotatable bonds is 3. The van der Waals surface area contributed by atoms with Crippen LogP contribution in [0.1, 0.15) is 32.1 Å². The normalized spacial score (nSPS) is 28.8. The first-order valence-electron chi connectivity index (χ1n) is 9.68. The molecule has 1 aromatic carbocycles. The number of fused-ring (bicyclic) bond motifs is 2. The van der Waals surface area contributed by atoms with Crippen molar-refractivity contribution in [3.8, 4) is 5.75 Å². The highest BCUT2D eigenvalue weighted by atomic mass is 16.5. The average molecular weight is 343 g/mol. The van der Waals surface area contributed by atoms with E-state index in [2.05, 4.69) is 16.3 Å². The molecule has 2 bridgehead atoms. The number of urea groups is 1. The van der Waals surface area contributed by atoms with Gasteiger partial charge in [-0.15, -0.1) is 0 Å². The number of benzene rings is 1. The molecule has 0 radical (unpaired) electrons. The van der Waals surface area contributed by atoms with Crippen molar-refractivity contribution in [2.45, 2.75) is 38.1 Å². The summed E-state index contributed by atoms with van der Waals surface area (Å²) in [7, 11) is 1.71. The topological polar surface area (TPSA) is 44.8 Å². The summed E-state index contributed by atoms with van der Waals surface area (Å²) in [5.41, 5.74) is 1.13. The van der Waals surface area contributed by atoms with E-state index in [1.807, 2.05) is 23.1 Å². The summed E-state index contributed by atoms with van der Waals surface area (Å²) in [6, 6.07) is 8.69. The smallest absolute Gasteiger partial charge is 0.317 e. The number of para-hydroxylation sites is 2. The fourth-order valence-corrected chi connectivity index (χ4v) is 4.92. The van der Waals surface area contributed by atoms with Crippen molar-refractivity contribution >= 4 is 11.7 Å². The summed E-state index contributed by atoms with van der Waals surface area (Å²) >= 11 is 0. The van der Waals surface area contributed by atoms with E-state index in [1.165, 1.54) is 25.7 Å². The van der Waals surface area contributed by atoms with Crippen LogP contribution in [0.2, 0.25) is 0 Å². The van der Waals surface area contributed by atoms with E-state index in [9.17, 15) is 4.79 Å². The predicted molar refractivity (Wildman–Crippen MR) is 99.2 cm³/mol. The Kier molecular flexibility index (Phi) is 4.73. The van der Waals surface area contributed by atoms with Gasteiger partial charge in [0.25, 0.3) is 0 Å². The highest BCUT2D eigenvalue weighted by molar-refractivity contribution is 5.75. The molecular formula is C20H29N3O2. The molecule has 3 unspecified atom stereocenters. The molecule has 0 spiro atoms. The van der Waals surface area contributed by atoms with Gasteiger partial charge in [0, 0.05) is 32.2 Å².